The fraction of sp³-hybridized carbons (Fsp3) is 0.333. The minimum absolute atomic E-state index is 0.0950. The van der Waals surface area contributed by atoms with Gasteiger partial charge in [-0.15, -0.1) is 5.10 Å². The monoisotopic (exact) mass is 354 g/mol. The summed E-state index contributed by atoms with van der Waals surface area (Å²) in [5.41, 5.74) is -0.873. The fourth-order valence-electron chi connectivity index (χ4n) is 2.73. The van der Waals surface area contributed by atoms with Crippen molar-refractivity contribution in [3.63, 3.8) is 0 Å². The van der Waals surface area contributed by atoms with Crippen LogP contribution in [0.2, 0.25) is 0 Å². The lowest BCUT2D eigenvalue weighted by Gasteiger charge is -2.19. The molecule has 1 unspecified atom stereocenters. The van der Waals surface area contributed by atoms with Gasteiger partial charge >= 0.3 is 12.1 Å². The summed E-state index contributed by atoms with van der Waals surface area (Å²) >= 11 is 0. The van der Waals surface area contributed by atoms with Crippen LogP contribution in [-0.4, -0.2) is 49.5 Å². The summed E-state index contributed by atoms with van der Waals surface area (Å²) in [7, 11) is 0. The highest BCUT2D eigenvalue weighted by Gasteiger charge is 2.35. The van der Waals surface area contributed by atoms with Crippen molar-refractivity contribution in [2.75, 3.05) is 6.54 Å². The van der Waals surface area contributed by atoms with Crippen molar-refractivity contribution in [1.82, 2.24) is 19.9 Å². The van der Waals surface area contributed by atoms with Gasteiger partial charge in [0, 0.05) is 6.54 Å². The molecule has 1 amide bonds. The maximum absolute atomic E-state index is 12.8. The second kappa shape index (κ2) is 6.19. The number of alkyl halides is 3. The van der Waals surface area contributed by atoms with Gasteiger partial charge in [-0.2, -0.15) is 13.2 Å². The number of nitrogens with zero attached hydrogens (tertiary/aromatic N) is 4. The maximum Gasteiger partial charge on any atom is 0.416 e. The number of aromatic nitrogens is 3. The first-order chi connectivity index (χ1) is 11.8. The number of halogens is 3. The molecule has 3 rings (SSSR count). The van der Waals surface area contributed by atoms with Gasteiger partial charge in [-0.3, -0.25) is 4.79 Å². The molecule has 1 fully saturated rings. The first-order valence-electron chi connectivity index (χ1n) is 7.41. The van der Waals surface area contributed by atoms with E-state index in [4.69, 9.17) is 5.11 Å². The number of benzene rings is 1. The Labute approximate surface area is 139 Å². The summed E-state index contributed by atoms with van der Waals surface area (Å²) < 4.78 is 39.4. The Balaban J connectivity index is 1.86. The lowest BCUT2D eigenvalue weighted by Crippen LogP contribution is -2.40. The van der Waals surface area contributed by atoms with Gasteiger partial charge in [0.2, 0.25) is 0 Å². The summed E-state index contributed by atoms with van der Waals surface area (Å²) in [4.78, 5) is 24.7. The quantitative estimate of drug-likeness (QED) is 0.910. The average molecular weight is 354 g/mol. The first kappa shape index (κ1) is 16.9. The molecule has 1 aromatic heterocycles. The Hall–Kier alpha value is -2.91. The Bertz CT molecular complexity index is 818. The number of hydrogen-bond donors (Lipinski definition) is 1. The number of rotatable bonds is 3. The van der Waals surface area contributed by atoms with Crippen LogP contribution in [0.3, 0.4) is 0 Å². The number of carboxylic acids is 1. The molecule has 0 spiro atoms. The highest BCUT2D eigenvalue weighted by atomic mass is 19.4. The molecule has 7 nitrogen and oxygen atoms in total. The van der Waals surface area contributed by atoms with Crippen LogP contribution >= 0.6 is 0 Å². The molecule has 132 valence electrons. The van der Waals surface area contributed by atoms with Crippen LogP contribution in [0, 0.1) is 0 Å². The SMILES string of the molecule is O=C(O)C1CCCN1C(=O)c1cn(-c2cccc(C(F)(F)F)c2)nn1. The number of carbonyl (C=O) groups excluding carboxylic acids is 1. The highest BCUT2D eigenvalue weighted by molar-refractivity contribution is 5.95. The number of carbonyl (C=O) groups is 2. The summed E-state index contributed by atoms with van der Waals surface area (Å²) in [5, 5.41) is 16.5. The number of aliphatic carboxylic acids is 1. The molecule has 2 heterocycles. The third kappa shape index (κ3) is 3.32. The van der Waals surface area contributed by atoms with E-state index in [9.17, 15) is 22.8 Å². The van der Waals surface area contributed by atoms with Crippen LogP contribution in [0.4, 0.5) is 13.2 Å². The van der Waals surface area contributed by atoms with E-state index < -0.39 is 29.7 Å². The third-order valence-corrected chi connectivity index (χ3v) is 3.95. The summed E-state index contributed by atoms with van der Waals surface area (Å²) in [6.07, 6.45) is -2.40. The van der Waals surface area contributed by atoms with Gasteiger partial charge in [-0.05, 0) is 31.0 Å². The van der Waals surface area contributed by atoms with Gasteiger partial charge in [-0.25, -0.2) is 9.48 Å². The summed E-state index contributed by atoms with van der Waals surface area (Å²) in [5.74, 6) is -1.71. The first-order valence-corrected chi connectivity index (χ1v) is 7.41. The predicted octanol–water partition coefficient (Wildman–Crippen LogP) is 1.98. The Kier molecular flexibility index (Phi) is 4.19. The van der Waals surface area contributed by atoms with Crippen LogP contribution in [-0.2, 0) is 11.0 Å². The van der Waals surface area contributed by atoms with Gasteiger partial charge in [0.15, 0.2) is 5.69 Å². The molecular formula is C15H13F3N4O3. The molecule has 1 aliphatic heterocycles. The van der Waals surface area contributed by atoms with Crippen molar-refractivity contribution < 1.29 is 27.9 Å². The topological polar surface area (TPSA) is 88.3 Å². The molecule has 0 radical (unpaired) electrons. The molecule has 1 saturated heterocycles. The lowest BCUT2D eigenvalue weighted by atomic mass is 10.2. The number of likely N-dealkylation sites (tertiary alicyclic amines) is 1. The van der Waals surface area contributed by atoms with Crippen molar-refractivity contribution in [1.29, 1.82) is 0 Å². The molecule has 0 aliphatic carbocycles. The van der Waals surface area contributed by atoms with Crippen molar-refractivity contribution in [2.24, 2.45) is 0 Å². The zero-order chi connectivity index (χ0) is 18.2. The van der Waals surface area contributed by atoms with Crippen LogP contribution in [0.5, 0.6) is 0 Å². The van der Waals surface area contributed by atoms with Gasteiger partial charge in [0.25, 0.3) is 5.91 Å². The normalized spacial score (nSPS) is 17.7. The van der Waals surface area contributed by atoms with Gasteiger partial charge in [-0.1, -0.05) is 11.3 Å². The van der Waals surface area contributed by atoms with Gasteiger partial charge < -0.3 is 10.0 Å². The fourth-order valence-corrected chi connectivity index (χ4v) is 2.73. The third-order valence-electron chi connectivity index (χ3n) is 3.95. The van der Waals surface area contributed by atoms with E-state index in [0.717, 1.165) is 16.8 Å². The molecule has 10 heteroatoms. The molecule has 1 aliphatic rings. The van der Waals surface area contributed by atoms with E-state index >= 15 is 0 Å². The minimum atomic E-state index is -4.50. The molecule has 1 N–H and O–H groups in total. The van der Waals surface area contributed by atoms with Gasteiger partial charge in [0.05, 0.1) is 17.4 Å². The smallest absolute Gasteiger partial charge is 0.416 e. The van der Waals surface area contributed by atoms with Crippen LogP contribution in [0.25, 0.3) is 5.69 Å². The largest absolute Gasteiger partial charge is 0.480 e. The van der Waals surface area contributed by atoms with Crippen LogP contribution in [0.1, 0.15) is 28.9 Å². The van der Waals surface area contributed by atoms with Crippen LogP contribution in [0.15, 0.2) is 30.5 Å². The average Bonchev–Trinajstić information content (AvgIpc) is 3.23. The van der Waals surface area contributed by atoms with E-state index in [1.54, 1.807) is 0 Å². The van der Waals surface area contributed by atoms with E-state index in [1.165, 1.54) is 23.2 Å². The minimum Gasteiger partial charge on any atom is -0.480 e. The van der Waals surface area contributed by atoms with E-state index in [2.05, 4.69) is 10.3 Å². The van der Waals surface area contributed by atoms with Gasteiger partial charge in [0.1, 0.15) is 6.04 Å². The maximum atomic E-state index is 12.8. The molecule has 1 aromatic carbocycles. The predicted molar refractivity (Wildman–Crippen MR) is 78.1 cm³/mol. The molecular weight excluding hydrogens is 341 g/mol. The summed E-state index contributed by atoms with van der Waals surface area (Å²) in [6, 6.07) is 3.51. The molecule has 25 heavy (non-hydrogen) atoms. The lowest BCUT2D eigenvalue weighted by molar-refractivity contribution is -0.141. The molecule has 0 saturated carbocycles. The Morgan fingerprint density at radius 1 is 1.28 bits per heavy atom. The highest BCUT2D eigenvalue weighted by Crippen LogP contribution is 2.30. The number of hydrogen-bond acceptors (Lipinski definition) is 4. The standard InChI is InChI=1S/C15H13F3N4O3/c16-15(17,18)9-3-1-4-10(7-9)22-8-11(19-20-22)13(23)21-6-2-5-12(21)14(24)25/h1,3-4,7-8,12H,2,5-6H2,(H,24,25). The van der Waals surface area contributed by atoms with E-state index in [-0.39, 0.29) is 17.9 Å². The van der Waals surface area contributed by atoms with Crippen molar-refractivity contribution >= 4 is 11.9 Å². The molecule has 0 bridgehead atoms. The van der Waals surface area contributed by atoms with Crippen molar-refractivity contribution in [2.45, 2.75) is 25.1 Å². The number of amides is 1. The Morgan fingerprint density at radius 2 is 2.04 bits per heavy atom. The summed E-state index contributed by atoms with van der Waals surface area (Å²) in [6.45, 7) is 0.284. The zero-order valence-corrected chi connectivity index (χ0v) is 12.8. The van der Waals surface area contributed by atoms with E-state index in [1.807, 2.05) is 0 Å². The van der Waals surface area contributed by atoms with Crippen LogP contribution < -0.4 is 0 Å². The second-order valence-corrected chi connectivity index (χ2v) is 5.59. The number of carboxylic acid groups (broad SMARTS) is 1. The van der Waals surface area contributed by atoms with Crippen molar-refractivity contribution in [3.05, 3.63) is 41.7 Å². The zero-order valence-electron chi connectivity index (χ0n) is 12.8. The van der Waals surface area contributed by atoms with E-state index in [0.29, 0.717) is 12.8 Å². The van der Waals surface area contributed by atoms with Crippen molar-refractivity contribution in [3.8, 4) is 5.69 Å². The molecule has 1 atom stereocenters. The Morgan fingerprint density at radius 3 is 2.72 bits per heavy atom. The molecule has 2 aromatic rings. The second-order valence-electron chi connectivity index (χ2n) is 5.59.